The third kappa shape index (κ3) is 2.65. The Labute approximate surface area is 109 Å². The van der Waals surface area contributed by atoms with Crippen LogP contribution in [0.4, 0.5) is 0 Å². The molecule has 100 valence electrons. The molecule has 1 amide bonds. The number of aryl methyl sites for hydroxylation is 1. The molecule has 1 heterocycles. The lowest BCUT2D eigenvalue weighted by Gasteiger charge is -2.13. The number of amides is 1. The van der Waals surface area contributed by atoms with E-state index in [2.05, 4.69) is 15.5 Å². The van der Waals surface area contributed by atoms with Crippen LogP contribution in [0.3, 0.4) is 0 Å². The van der Waals surface area contributed by atoms with Gasteiger partial charge in [0.05, 0.1) is 6.04 Å². The van der Waals surface area contributed by atoms with Crippen molar-refractivity contribution in [3.63, 3.8) is 0 Å². The van der Waals surface area contributed by atoms with Crippen molar-refractivity contribution >= 4 is 5.91 Å². The van der Waals surface area contributed by atoms with Crippen LogP contribution >= 0.6 is 0 Å². The van der Waals surface area contributed by atoms with Crippen molar-refractivity contribution in [2.24, 2.45) is 7.05 Å². The Balaban J connectivity index is 2.13. The minimum Gasteiger partial charge on any atom is -0.504 e. The number of aromatic nitrogens is 3. The number of phenolic OH excluding ortho intramolecular Hbond substituents is 2. The van der Waals surface area contributed by atoms with E-state index >= 15 is 0 Å². The van der Waals surface area contributed by atoms with Gasteiger partial charge >= 0.3 is 0 Å². The highest BCUT2D eigenvalue weighted by Crippen LogP contribution is 2.25. The maximum absolute atomic E-state index is 12.0. The van der Waals surface area contributed by atoms with E-state index in [-0.39, 0.29) is 29.0 Å². The molecule has 0 saturated carbocycles. The summed E-state index contributed by atoms with van der Waals surface area (Å²) in [5.74, 6) is -0.348. The third-order valence-electron chi connectivity index (χ3n) is 2.72. The molecule has 0 aliphatic heterocycles. The van der Waals surface area contributed by atoms with Crippen LogP contribution in [-0.2, 0) is 7.05 Å². The van der Waals surface area contributed by atoms with Crippen LogP contribution < -0.4 is 5.32 Å². The topological polar surface area (TPSA) is 100 Å². The minimum atomic E-state index is -0.370. The maximum Gasteiger partial charge on any atom is 0.252 e. The lowest BCUT2D eigenvalue weighted by molar-refractivity contribution is 0.0937. The van der Waals surface area contributed by atoms with E-state index in [4.69, 9.17) is 0 Å². The molecule has 1 aromatic heterocycles. The molecular weight excluding hydrogens is 248 g/mol. The number of aromatic hydroxyl groups is 2. The average molecular weight is 262 g/mol. The van der Waals surface area contributed by atoms with E-state index in [0.29, 0.717) is 5.82 Å². The molecule has 0 fully saturated rings. The van der Waals surface area contributed by atoms with Crippen molar-refractivity contribution in [3.05, 3.63) is 35.9 Å². The van der Waals surface area contributed by atoms with Crippen molar-refractivity contribution in [2.75, 3.05) is 0 Å². The highest BCUT2D eigenvalue weighted by molar-refractivity contribution is 5.95. The summed E-state index contributed by atoms with van der Waals surface area (Å²) >= 11 is 0. The van der Waals surface area contributed by atoms with E-state index in [1.165, 1.54) is 18.2 Å². The van der Waals surface area contributed by atoms with Crippen molar-refractivity contribution in [1.29, 1.82) is 0 Å². The molecule has 7 nitrogen and oxygen atoms in total. The fourth-order valence-electron chi connectivity index (χ4n) is 1.69. The lowest BCUT2D eigenvalue weighted by atomic mass is 10.1. The fraction of sp³-hybridized carbons (Fsp3) is 0.250. The van der Waals surface area contributed by atoms with Gasteiger partial charge in [0, 0.05) is 12.6 Å². The van der Waals surface area contributed by atoms with E-state index in [1.54, 1.807) is 24.9 Å². The number of phenols is 2. The Bertz CT molecular complexity index is 609. The second-order valence-corrected chi connectivity index (χ2v) is 4.20. The summed E-state index contributed by atoms with van der Waals surface area (Å²) in [6, 6.07) is 3.56. The van der Waals surface area contributed by atoms with E-state index in [0.717, 1.165) is 0 Å². The van der Waals surface area contributed by atoms with E-state index < -0.39 is 0 Å². The summed E-state index contributed by atoms with van der Waals surface area (Å²) < 4.78 is 1.71. The van der Waals surface area contributed by atoms with E-state index in [9.17, 15) is 15.0 Å². The molecule has 1 unspecified atom stereocenters. The van der Waals surface area contributed by atoms with Gasteiger partial charge in [0.15, 0.2) is 17.3 Å². The molecule has 0 spiro atoms. The van der Waals surface area contributed by atoms with Gasteiger partial charge in [0.2, 0.25) is 0 Å². The summed E-state index contributed by atoms with van der Waals surface area (Å²) in [6.45, 7) is 1.78. The fourth-order valence-corrected chi connectivity index (χ4v) is 1.69. The molecule has 0 radical (unpaired) electrons. The van der Waals surface area contributed by atoms with Crippen molar-refractivity contribution in [1.82, 2.24) is 20.1 Å². The number of carbonyl (C=O) groups excluding carboxylic acids is 1. The van der Waals surface area contributed by atoms with Crippen molar-refractivity contribution < 1.29 is 15.0 Å². The number of hydrogen-bond donors (Lipinski definition) is 3. The van der Waals surface area contributed by atoms with Gasteiger partial charge in [0.1, 0.15) is 6.33 Å². The monoisotopic (exact) mass is 262 g/mol. The number of rotatable bonds is 3. The second kappa shape index (κ2) is 4.97. The predicted octanol–water partition coefficient (Wildman–Crippen LogP) is 0.717. The molecule has 1 atom stereocenters. The Morgan fingerprint density at radius 1 is 1.37 bits per heavy atom. The second-order valence-electron chi connectivity index (χ2n) is 4.20. The molecule has 19 heavy (non-hydrogen) atoms. The quantitative estimate of drug-likeness (QED) is 0.707. The van der Waals surface area contributed by atoms with Crippen LogP contribution in [-0.4, -0.2) is 30.9 Å². The first-order valence-corrected chi connectivity index (χ1v) is 5.65. The number of benzene rings is 1. The summed E-state index contributed by atoms with van der Waals surface area (Å²) in [5.41, 5.74) is 0.254. The first-order valence-electron chi connectivity index (χ1n) is 5.65. The zero-order chi connectivity index (χ0) is 14.0. The van der Waals surface area contributed by atoms with Crippen LogP contribution in [0.5, 0.6) is 11.5 Å². The Morgan fingerprint density at radius 3 is 2.68 bits per heavy atom. The standard InChI is InChI=1S/C12H14N4O3/c1-7(11-15-13-6-16(11)2)14-12(19)8-3-4-9(17)10(18)5-8/h3-7,17-18H,1-2H3,(H,14,19). The SMILES string of the molecule is CC(NC(=O)c1ccc(O)c(O)c1)c1nncn1C. The average Bonchev–Trinajstić information content (AvgIpc) is 2.79. The molecule has 0 bridgehead atoms. The molecule has 1 aromatic carbocycles. The van der Waals surface area contributed by atoms with Crippen LogP contribution in [0.15, 0.2) is 24.5 Å². The highest BCUT2D eigenvalue weighted by Gasteiger charge is 2.16. The third-order valence-corrected chi connectivity index (χ3v) is 2.72. The van der Waals surface area contributed by atoms with Crippen LogP contribution in [0.25, 0.3) is 0 Å². The Morgan fingerprint density at radius 2 is 2.11 bits per heavy atom. The van der Waals surface area contributed by atoms with Crippen LogP contribution in [0.1, 0.15) is 29.1 Å². The highest BCUT2D eigenvalue weighted by atomic mass is 16.3. The number of carbonyl (C=O) groups is 1. The zero-order valence-electron chi connectivity index (χ0n) is 10.5. The lowest BCUT2D eigenvalue weighted by Crippen LogP contribution is -2.28. The molecule has 2 rings (SSSR count). The van der Waals surface area contributed by atoms with Crippen molar-refractivity contribution in [3.8, 4) is 11.5 Å². The van der Waals surface area contributed by atoms with Gasteiger partial charge in [-0.1, -0.05) is 0 Å². The zero-order valence-corrected chi connectivity index (χ0v) is 10.5. The molecule has 3 N–H and O–H groups in total. The first-order chi connectivity index (χ1) is 8.99. The molecular formula is C12H14N4O3. The van der Waals surface area contributed by atoms with Gasteiger partial charge in [-0.15, -0.1) is 10.2 Å². The van der Waals surface area contributed by atoms with Gasteiger partial charge in [-0.2, -0.15) is 0 Å². The smallest absolute Gasteiger partial charge is 0.252 e. The van der Waals surface area contributed by atoms with Gasteiger partial charge in [0.25, 0.3) is 5.91 Å². The Kier molecular flexibility index (Phi) is 3.37. The van der Waals surface area contributed by atoms with Gasteiger partial charge < -0.3 is 20.1 Å². The number of nitrogens with zero attached hydrogens (tertiary/aromatic N) is 3. The normalized spacial score (nSPS) is 12.1. The van der Waals surface area contributed by atoms with Gasteiger partial charge in [-0.05, 0) is 25.1 Å². The molecule has 0 aliphatic rings. The van der Waals surface area contributed by atoms with Crippen molar-refractivity contribution in [2.45, 2.75) is 13.0 Å². The molecule has 0 aliphatic carbocycles. The van der Waals surface area contributed by atoms with E-state index in [1.807, 2.05) is 0 Å². The number of hydrogen-bond acceptors (Lipinski definition) is 5. The van der Waals surface area contributed by atoms with Crippen LogP contribution in [0, 0.1) is 0 Å². The van der Waals surface area contributed by atoms with Crippen LogP contribution in [0.2, 0.25) is 0 Å². The summed E-state index contributed by atoms with van der Waals surface area (Å²) in [6.07, 6.45) is 1.55. The molecule has 0 saturated heterocycles. The minimum absolute atomic E-state index is 0.254. The van der Waals surface area contributed by atoms with Gasteiger partial charge in [-0.3, -0.25) is 4.79 Å². The summed E-state index contributed by atoms with van der Waals surface area (Å²) in [5, 5.41) is 28.9. The molecule has 7 heteroatoms. The van der Waals surface area contributed by atoms with Gasteiger partial charge in [-0.25, -0.2) is 0 Å². The molecule has 2 aromatic rings. The Hall–Kier alpha value is -2.57. The largest absolute Gasteiger partial charge is 0.504 e. The maximum atomic E-state index is 12.0. The summed E-state index contributed by atoms with van der Waals surface area (Å²) in [4.78, 5) is 12.0. The number of nitrogens with one attached hydrogen (secondary N) is 1. The summed E-state index contributed by atoms with van der Waals surface area (Å²) in [7, 11) is 1.78. The first kappa shape index (κ1) is 12.9. The predicted molar refractivity (Wildman–Crippen MR) is 66.7 cm³/mol.